The summed E-state index contributed by atoms with van der Waals surface area (Å²) < 4.78 is 0. The van der Waals surface area contributed by atoms with Crippen LogP contribution in [0.15, 0.2) is 35.9 Å². The highest BCUT2D eigenvalue weighted by Crippen LogP contribution is 2.13. The molecule has 0 radical (unpaired) electrons. The first kappa shape index (κ1) is 13.7. The lowest BCUT2D eigenvalue weighted by molar-refractivity contribution is -0.139. The van der Waals surface area contributed by atoms with Crippen molar-refractivity contribution < 1.29 is 19.8 Å². The maximum Gasteiger partial charge on any atom is 0.332 e. The Morgan fingerprint density at radius 1 is 1.22 bits per heavy atom. The van der Waals surface area contributed by atoms with Crippen LogP contribution in [0, 0.1) is 0 Å². The average molecular weight is 246 g/mol. The molecule has 0 bridgehead atoms. The lowest BCUT2D eigenvalue weighted by atomic mass is 10.1. The summed E-state index contributed by atoms with van der Waals surface area (Å²) >= 11 is 0. The fourth-order valence-electron chi connectivity index (χ4n) is 1.50. The van der Waals surface area contributed by atoms with E-state index in [1.54, 1.807) is 18.2 Å². The van der Waals surface area contributed by atoms with Gasteiger partial charge in [0, 0.05) is 5.57 Å². The Kier molecular flexibility index (Phi) is 4.87. The molecule has 0 aromatic heterocycles. The molecule has 0 aliphatic rings. The maximum absolute atomic E-state index is 10.9. The van der Waals surface area contributed by atoms with Crippen molar-refractivity contribution in [3.8, 4) is 0 Å². The summed E-state index contributed by atoms with van der Waals surface area (Å²) in [6, 6.07) is 7.21. The van der Waals surface area contributed by atoms with Gasteiger partial charge in [0.1, 0.15) is 0 Å². The zero-order valence-corrected chi connectivity index (χ0v) is 9.96. The summed E-state index contributed by atoms with van der Waals surface area (Å²) in [4.78, 5) is 21.5. The zero-order chi connectivity index (χ0) is 13.5. The van der Waals surface area contributed by atoms with Crippen LogP contribution in [0.5, 0.6) is 0 Å². The average Bonchev–Trinajstić information content (AvgIpc) is 2.28. The van der Waals surface area contributed by atoms with Crippen LogP contribution in [0.1, 0.15) is 24.5 Å². The highest BCUT2D eigenvalue weighted by molar-refractivity contribution is 5.96. The molecule has 0 aliphatic heterocycles. The molecular formula is C14H14O4. The van der Waals surface area contributed by atoms with Crippen molar-refractivity contribution in [2.45, 2.75) is 13.3 Å². The van der Waals surface area contributed by atoms with Gasteiger partial charge in [-0.25, -0.2) is 4.79 Å². The van der Waals surface area contributed by atoms with Gasteiger partial charge in [0.05, 0.1) is 6.42 Å². The Hall–Kier alpha value is -2.36. The van der Waals surface area contributed by atoms with Crippen LogP contribution in [0.2, 0.25) is 0 Å². The normalized spacial score (nSPS) is 11.7. The number of benzene rings is 1. The summed E-state index contributed by atoms with van der Waals surface area (Å²) in [5.41, 5.74) is 1.47. The fourth-order valence-corrected chi connectivity index (χ4v) is 1.50. The van der Waals surface area contributed by atoms with Gasteiger partial charge in [0.2, 0.25) is 0 Å². The fraction of sp³-hybridized carbons (Fsp3) is 0.143. The van der Waals surface area contributed by atoms with E-state index in [0.717, 1.165) is 5.56 Å². The van der Waals surface area contributed by atoms with Gasteiger partial charge in [-0.3, -0.25) is 4.79 Å². The van der Waals surface area contributed by atoms with Gasteiger partial charge in [0.25, 0.3) is 0 Å². The third-order valence-corrected chi connectivity index (χ3v) is 2.23. The first-order valence-electron chi connectivity index (χ1n) is 5.41. The summed E-state index contributed by atoms with van der Waals surface area (Å²) in [5, 5.41) is 17.5. The van der Waals surface area contributed by atoms with E-state index in [4.69, 9.17) is 10.2 Å². The monoisotopic (exact) mass is 246 g/mol. The maximum atomic E-state index is 10.9. The molecular weight excluding hydrogens is 232 g/mol. The van der Waals surface area contributed by atoms with Gasteiger partial charge < -0.3 is 10.2 Å². The van der Waals surface area contributed by atoms with Crippen LogP contribution in [-0.4, -0.2) is 22.2 Å². The highest BCUT2D eigenvalue weighted by Gasteiger charge is 2.11. The molecule has 94 valence electrons. The highest BCUT2D eigenvalue weighted by atomic mass is 16.4. The van der Waals surface area contributed by atoms with E-state index < -0.39 is 18.4 Å². The van der Waals surface area contributed by atoms with Crippen LogP contribution < -0.4 is 0 Å². The van der Waals surface area contributed by atoms with E-state index in [2.05, 4.69) is 0 Å². The summed E-state index contributed by atoms with van der Waals surface area (Å²) in [7, 11) is 0. The molecule has 0 amide bonds. The summed E-state index contributed by atoms with van der Waals surface area (Å²) in [5.74, 6) is -2.37. The van der Waals surface area contributed by atoms with Crippen LogP contribution in [0.3, 0.4) is 0 Å². The Morgan fingerprint density at radius 3 is 2.44 bits per heavy atom. The van der Waals surface area contributed by atoms with Gasteiger partial charge in [-0.15, -0.1) is 0 Å². The van der Waals surface area contributed by atoms with Crippen molar-refractivity contribution in [1.29, 1.82) is 0 Å². The molecule has 0 spiro atoms. The minimum Gasteiger partial charge on any atom is -0.481 e. The first-order valence-corrected chi connectivity index (χ1v) is 5.41. The number of carboxylic acids is 2. The van der Waals surface area contributed by atoms with Gasteiger partial charge in [-0.1, -0.05) is 30.4 Å². The lowest BCUT2D eigenvalue weighted by Gasteiger charge is -2.00. The molecule has 1 rings (SSSR count). The third-order valence-electron chi connectivity index (χ3n) is 2.23. The second-order valence-corrected chi connectivity index (χ2v) is 3.72. The minimum absolute atomic E-state index is 0.139. The predicted octanol–water partition coefficient (Wildman–Crippen LogP) is 2.66. The van der Waals surface area contributed by atoms with E-state index in [1.165, 1.54) is 6.08 Å². The second-order valence-electron chi connectivity index (χ2n) is 3.72. The second kappa shape index (κ2) is 6.39. The number of aliphatic carboxylic acids is 2. The third kappa shape index (κ3) is 4.25. The number of carboxylic acid groups (broad SMARTS) is 2. The van der Waals surface area contributed by atoms with Crippen LogP contribution in [0.25, 0.3) is 12.2 Å². The predicted molar refractivity (Wildman–Crippen MR) is 69.0 cm³/mol. The van der Waals surface area contributed by atoms with Crippen LogP contribution >= 0.6 is 0 Å². The molecule has 0 atom stereocenters. The van der Waals surface area contributed by atoms with Crippen LogP contribution in [-0.2, 0) is 9.59 Å². The zero-order valence-electron chi connectivity index (χ0n) is 9.96. The first-order chi connectivity index (χ1) is 8.52. The molecule has 0 fully saturated rings. The standard InChI is InChI=1S/C14H14O4/c1-2-4-10-5-3-6-11(7-10)8-12(14(17)18)9-13(15)16/h2-8H,9H2,1H3,(H,15,16)(H,17,18). The molecule has 0 saturated carbocycles. The summed E-state index contributed by atoms with van der Waals surface area (Å²) in [6.45, 7) is 1.88. The number of allylic oxidation sites excluding steroid dienone is 1. The Labute approximate surface area is 105 Å². The van der Waals surface area contributed by atoms with Crippen molar-refractivity contribution in [1.82, 2.24) is 0 Å². The minimum atomic E-state index is -1.21. The molecule has 0 heterocycles. The number of hydrogen-bond acceptors (Lipinski definition) is 2. The van der Waals surface area contributed by atoms with Gasteiger partial charge in [0.15, 0.2) is 0 Å². The van der Waals surface area contributed by atoms with Crippen molar-refractivity contribution >= 4 is 24.1 Å². The van der Waals surface area contributed by atoms with E-state index in [-0.39, 0.29) is 5.57 Å². The molecule has 1 aromatic rings. The molecule has 4 nitrogen and oxygen atoms in total. The largest absolute Gasteiger partial charge is 0.481 e. The molecule has 2 N–H and O–H groups in total. The number of carbonyl (C=O) groups is 2. The van der Waals surface area contributed by atoms with Crippen LogP contribution in [0.4, 0.5) is 0 Å². The molecule has 4 heteroatoms. The SMILES string of the molecule is CC=Cc1cccc(C=C(CC(=O)O)C(=O)O)c1. The number of rotatable bonds is 5. The lowest BCUT2D eigenvalue weighted by Crippen LogP contribution is -2.06. The molecule has 0 unspecified atom stereocenters. The van der Waals surface area contributed by atoms with E-state index >= 15 is 0 Å². The summed E-state index contributed by atoms with van der Waals surface area (Å²) in [6.07, 6.45) is 4.64. The molecule has 18 heavy (non-hydrogen) atoms. The topological polar surface area (TPSA) is 74.6 Å². The molecule has 1 aromatic carbocycles. The van der Waals surface area contributed by atoms with E-state index in [9.17, 15) is 9.59 Å². The van der Waals surface area contributed by atoms with Crippen molar-refractivity contribution in [2.75, 3.05) is 0 Å². The van der Waals surface area contributed by atoms with Gasteiger partial charge in [-0.05, 0) is 30.2 Å². The Morgan fingerprint density at radius 2 is 1.89 bits per heavy atom. The number of hydrogen-bond donors (Lipinski definition) is 2. The van der Waals surface area contributed by atoms with Crippen molar-refractivity contribution in [3.05, 3.63) is 47.0 Å². The smallest absolute Gasteiger partial charge is 0.332 e. The quantitative estimate of drug-likeness (QED) is 0.783. The van der Waals surface area contributed by atoms with Crippen molar-refractivity contribution in [3.63, 3.8) is 0 Å². The van der Waals surface area contributed by atoms with E-state index in [0.29, 0.717) is 5.56 Å². The van der Waals surface area contributed by atoms with Gasteiger partial charge >= 0.3 is 11.9 Å². The Bertz CT molecular complexity index is 512. The Balaban J connectivity index is 3.07. The van der Waals surface area contributed by atoms with Crippen molar-refractivity contribution in [2.24, 2.45) is 0 Å². The van der Waals surface area contributed by atoms with E-state index in [1.807, 2.05) is 25.1 Å². The molecule has 0 aliphatic carbocycles. The van der Waals surface area contributed by atoms with Gasteiger partial charge in [-0.2, -0.15) is 0 Å². The molecule has 0 saturated heterocycles.